The second-order valence-corrected chi connectivity index (χ2v) is 7.46. The third kappa shape index (κ3) is 3.48. The Bertz CT molecular complexity index is 258. The normalized spacial score (nSPS) is 33.2. The summed E-state index contributed by atoms with van der Waals surface area (Å²) in [5, 5.41) is 10.5. The SMILES string of the molecule is CN(CC1CCCC1)CC1CCCC(C)(C)C1O. The summed E-state index contributed by atoms with van der Waals surface area (Å²) < 4.78 is 0. The summed E-state index contributed by atoms with van der Waals surface area (Å²) in [6.45, 7) is 6.77. The third-order valence-electron chi connectivity index (χ3n) is 5.23. The zero-order valence-corrected chi connectivity index (χ0v) is 12.5. The molecule has 0 amide bonds. The first kappa shape index (κ1) is 14.3. The summed E-state index contributed by atoms with van der Waals surface area (Å²) >= 11 is 0. The van der Waals surface area contributed by atoms with Gasteiger partial charge in [0.15, 0.2) is 0 Å². The summed E-state index contributed by atoms with van der Waals surface area (Å²) in [6.07, 6.45) is 9.25. The molecule has 2 aliphatic rings. The van der Waals surface area contributed by atoms with E-state index in [0.29, 0.717) is 5.92 Å². The van der Waals surface area contributed by atoms with E-state index in [4.69, 9.17) is 0 Å². The van der Waals surface area contributed by atoms with Crippen molar-refractivity contribution in [3.05, 3.63) is 0 Å². The van der Waals surface area contributed by atoms with Crippen LogP contribution in [0.25, 0.3) is 0 Å². The van der Waals surface area contributed by atoms with Gasteiger partial charge in [-0.25, -0.2) is 0 Å². The van der Waals surface area contributed by atoms with Crippen LogP contribution in [0.15, 0.2) is 0 Å². The lowest BCUT2D eigenvalue weighted by atomic mass is 9.69. The first-order valence-electron chi connectivity index (χ1n) is 7.85. The van der Waals surface area contributed by atoms with Gasteiger partial charge in [-0.15, -0.1) is 0 Å². The molecular weight excluding hydrogens is 222 g/mol. The number of hydrogen-bond donors (Lipinski definition) is 1. The number of rotatable bonds is 4. The molecule has 0 aromatic carbocycles. The second-order valence-electron chi connectivity index (χ2n) is 7.46. The Hall–Kier alpha value is -0.0800. The van der Waals surface area contributed by atoms with Crippen LogP contribution in [0.4, 0.5) is 0 Å². The van der Waals surface area contributed by atoms with E-state index in [1.807, 2.05) is 0 Å². The Kier molecular flexibility index (Phi) is 4.71. The van der Waals surface area contributed by atoms with Crippen LogP contribution in [-0.2, 0) is 0 Å². The summed E-state index contributed by atoms with van der Waals surface area (Å²) in [5.41, 5.74) is 0.122. The van der Waals surface area contributed by atoms with E-state index in [9.17, 15) is 5.11 Å². The van der Waals surface area contributed by atoms with Crippen LogP contribution >= 0.6 is 0 Å². The lowest BCUT2D eigenvalue weighted by molar-refractivity contribution is -0.0417. The van der Waals surface area contributed by atoms with Crippen LogP contribution < -0.4 is 0 Å². The van der Waals surface area contributed by atoms with E-state index < -0.39 is 0 Å². The quantitative estimate of drug-likeness (QED) is 0.831. The van der Waals surface area contributed by atoms with Gasteiger partial charge in [0.2, 0.25) is 0 Å². The number of aliphatic hydroxyl groups excluding tert-OH is 1. The van der Waals surface area contributed by atoms with Gasteiger partial charge in [0.05, 0.1) is 6.10 Å². The summed E-state index contributed by atoms with van der Waals surface area (Å²) in [5.74, 6) is 1.41. The minimum Gasteiger partial charge on any atom is -0.392 e. The van der Waals surface area contributed by atoms with Crippen LogP contribution in [0, 0.1) is 17.3 Å². The van der Waals surface area contributed by atoms with E-state index in [-0.39, 0.29) is 11.5 Å². The van der Waals surface area contributed by atoms with Gasteiger partial charge in [0.25, 0.3) is 0 Å². The lowest BCUT2D eigenvalue weighted by Gasteiger charge is -2.42. The minimum absolute atomic E-state index is 0.114. The maximum atomic E-state index is 10.5. The largest absolute Gasteiger partial charge is 0.392 e. The molecule has 0 bridgehead atoms. The van der Waals surface area contributed by atoms with Crippen molar-refractivity contribution in [3.63, 3.8) is 0 Å². The molecule has 2 nitrogen and oxygen atoms in total. The molecule has 106 valence electrons. The lowest BCUT2D eigenvalue weighted by Crippen LogP contribution is -2.44. The Labute approximate surface area is 113 Å². The van der Waals surface area contributed by atoms with E-state index in [0.717, 1.165) is 12.5 Å². The molecule has 0 spiro atoms. The predicted molar refractivity (Wildman–Crippen MR) is 76.6 cm³/mol. The van der Waals surface area contributed by atoms with Gasteiger partial charge < -0.3 is 10.0 Å². The van der Waals surface area contributed by atoms with Crippen LogP contribution in [0.2, 0.25) is 0 Å². The second kappa shape index (κ2) is 5.92. The van der Waals surface area contributed by atoms with Gasteiger partial charge >= 0.3 is 0 Å². The van der Waals surface area contributed by atoms with E-state index in [1.165, 1.54) is 51.5 Å². The Morgan fingerprint density at radius 1 is 1.06 bits per heavy atom. The molecule has 2 aliphatic carbocycles. The number of hydrogen-bond acceptors (Lipinski definition) is 2. The fraction of sp³-hybridized carbons (Fsp3) is 1.00. The molecule has 2 saturated carbocycles. The summed E-state index contributed by atoms with van der Waals surface area (Å²) in [6, 6.07) is 0. The molecule has 0 saturated heterocycles. The summed E-state index contributed by atoms with van der Waals surface area (Å²) in [7, 11) is 2.24. The number of aliphatic hydroxyl groups is 1. The molecule has 0 aromatic heterocycles. The van der Waals surface area contributed by atoms with Crippen molar-refractivity contribution in [2.45, 2.75) is 64.9 Å². The molecule has 2 fully saturated rings. The van der Waals surface area contributed by atoms with Gasteiger partial charge in [-0.1, -0.05) is 33.1 Å². The standard InChI is InChI=1S/C16H31NO/c1-16(2)10-6-9-14(15(16)18)12-17(3)11-13-7-4-5-8-13/h13-15,18H,4-12H2,1-3H3. The Balaban J connectivity index is 1.80. The maximum absolute atomic E-state index is 10.5. The predicted octanol–water partition coefficient (Wildman–Crippen LogP) is 3.30. The molecule has 0 heterocycles. The van der Waals surface area contributed by atoms with Crippen molar-refractivity contribution >= 4 is 0 Å². The highest BCUT2D eigenvalue weighted by atomic mass is 16.3. The van der Waals surface area contributed by atoms with Crippen LogP contribution in [0.3, 0.4) is 0 Å². The molecule has 2 rings (SSSR count). The van der Waals surface area contributed by atoms with E-state index in [2.05, 4.69) is 25.8 Å². The maximum Gasteiger partial charge on any atom is 0.0631 e. The number of nitrogens with zero attached hydrogens (tertiary/aromatic N) is 1. The Morgan fingerprint density at radius 3 is 2.39 bits per heavy atom. The van der Waals surface area contributed by atoms with Crippen molar-refractivity contribution in [2.75, 3.05) is 20.1 Å². The van der Waals surface area contributed by atoms with Gasteiger partial charge in [0, 0.05) is 13.1 Å². The van der Waals surface area contributed by atoms with Crippen molar-refractivity contribution < 1.29 is 5.11 Å². The molecule has 1 N–H and O–H groups in total. The summed E-state index contributed by atoms with van der Waals surface area (Å²) in [4.78, 5) is 2.48. The van der Waals surface area contributed by atoms with Crippen LogP contribution in [0.1, 0.15) is 58.8 Å². The average molecular weight is 253 g/mol. The van der Waals surface area contributed by atoms with Gasteiger partial charge in [-0.3, -0.25) is 0 Å². The third-order valence-corrected chi connectivity index (χ3v) is 5.23. The zero-order chi connectivity index (χ0) is 13.2. The fourth-order valence-corrected chi connectivity index (χ4v) is 4.06. The van der Waals surface area contributed by atoms with Crippen molar-refractivity contribution in [3.8, 4) is 0 Å². The molecule has 0 aliphatic heterocycles. The average Bonchev–Trinajstić information content (AvgIpc) is 2.77. The molecule has 0 radical (unpaired) electrons. The van der Waals surface area contributed by atoms with E-state index in [1.54, 1.807) is 0 Å². The van der Waals surface area contributed by atoms with Crippen LogP contribution in [-0.4, -0.2) is 36.2 Å². The molecular formula is C16H31NO. The molecule has 0 aromatic rings. The Morgan fingerprint density at radius 2 is 1.72 bits per heavy atom. The van der Waals surface area contributed by atoms with Gasteiger partial charge in [-0.2, -0.15) is 0 Å². The molecule has 2 heteroatoms. The highest BCUT2D eigenvalue weighted by molar-refractivity contribution is 4.89. The zero-order valence-electron chi connectivity index (χ0n) is 12.5. The topological polar surface area (TPSA) is 23.5 Å². The highest BCUT2D eigenvalue weighted by Crippen LogP contribution is 2.39. The van der Waals surface area contributed by atoms with Crippen molar-refractivity contribution in [1.82, 2.24) is 4.90 Å². The van der Waals surface area contributed by atoms with Gasteiger partial charge in [0.1, 0.15) is 0 Å². The molecule has 2 unspecified atom stereocenters. The molecule has 2 atom stereocenters. The first-order chi connectivity index (χ1) is 8.49. The van der Waals surface area contributed by atoms with Crippen molar-refractivity contribution in [2.24, 2.45) is 17.3 Å². The van der Waals surface area contributed by atoms with E-state index >= 15 is 0 Å². The fourth-order valence-electron chi connectivity index (χ4n) is 4.06. The highest BCUT2D eigenvalue weighted by Gasteiger charge is 2.38. The first-order valence-corrected chi connectivity index (χ1v) is 7.85. The smallest absolute Gasteiger partial charge is 0.0631 e. The minimum atomic E-state index is -0.114. The van der Waals surface area contributed by atoms with Crippen LogP contribution in [0.5, 0.6) is 0 Å². The molecule has 18 heavy (non-hydrogen) atoms. The monoisotopic (exact) mass is 253 g/mol. The van der Waals surface area contributed by atoms with Crippen molar-refractivity contribution in [1.29, 1.82) is 0 Å². The van der Waals surface area contributed by atoms with Gasteiger partial charge in [-0.05, 0) is 50.0 Å².